The van der Waals surface area contributed by atoms with Crippen LogP contribution in [0.3, 0.4) is 0 Å². The highest BCUT2D eigenvalue weighted by atomic mass is 79.9. The van der Waals surface area contributed by atoms with E-state index in [4.69, 9.17) is 11.6 Å². The maximum Gasteiger partial charge on any atom is 0.288 e. The Kier molecular flexibility index (Phi) is 4.54. The van der Waals surface area contributed by atoms with Crippen molar-refractivity contribution in [3.8, 4) is 0 Å². The lowest BCUT2D eigenvalue weighted by Gasteiger charge is -2.07. The van der Waals surface area contributed by atoms with Gasteiger partial charge in [-0.2, -0.15) is 0 Å². The zero-order valence-corrected chi connectivity index (χ0v) is 13.1. The number of hydrogen-bond donors (Lipinski definition) is 1. The summed E-state index contributed by atoms with van der Waals surface area (Å²) in [7, 11) is 0. The van der Waals surface area contributed by atoms with Crippen LogP contribution in [0.2, 0.25) is 5.02 Å². The molecule has 0 aliphatic heterocycles. The molecule has 0 unspecified atom stereocenters. The maximum absolute atomic E-state index is 12.1. The molecule has 0 saturated carbocycles. The lowest BCUT2D eigenvalue weighted by atomic mass is 10.2. The fraction of sp³-hybridized carbons (Fsp3) is 0.0769. The maximum atomic E-state index is 12.1. The molecule has 1 aromatic heterocycles. The number of anilines is 1. The van der Waals surface area contributed by atoms with Crippen LogP contribution in [-0.4, -0.2) is 15.8 Å². The summed E-state index contributed by atoms with van der Waals surface area (Å²) in [6.07, 6.45) is 0. The average molecular weight is 371 g/mol. The smallest absolute Gasteiger partial charge is 0.288 e. The Balaban J connectivity index is 2.30. The number of nitro groups is 1. The summed E-state index contributed by atoms with van der Waals surface area (Å²) in [5, 5.41) is 13.2. The number of aryl methyl sites for hydroxylation is 1. The molecule has 0 spiro atoms. The van der Waals surface area contributed by atoms with Crippen molar-refractivity contribution >= 4 is 44.9 Å². The molecule has 0 atom stereocenters. The number of halogens is 2. The third kappa shape index (κ3) is 3.37. The van der Waals surface area contributed by atoms with Crippen LogP contribution in [0.1, 0.15) is 16.1 Å². The second-order valence-electron chi connectivity index (χ2n) is 4.11. The monoisotopic (exact) mass is 369 g/mol. The molecule has 2 rings (SSSR count). The SMILES string of the molecule is Cc1nc(NC(=O)c2cccc([N+](=O)[O-])c2Cl)ccc1Br. The first-order chi connectivity index (χ1) is 9.90. The topological polar surface area (TPSA) is 85.1 Å². The van der Waals surface area contributed by atoms with E-state index in [2.05, 4.69) is 26.2 Å². The lowest BCUT2D eigenvalue weighted by molar-refractivity contribution is -0.384. The van der Waals surface area contributed by atoms with Crippen LogP contribution in [0, 0.1) is 17.0 Å². The van der Waals surface area contributed by atoms with Crippen LogP contribution >= 0.6 is 27.5 Å². The molecular formula is C13H9BrClN3O3. The Bertz CT molecular complexity index is 737. The summed E-state index contributed by atoms with van der Waals surface area (Å²) in [4.78, 5) is 26.5. The first-order valence-corrected chi connectivity index (χ1v) is 6.94. The molecule has 1 heterocycles. The fourth-order valence-corrected chi connectivity index (χ4v) is 2.14. The lowest BCUT2D eigenvalue weighted by Crippen LogP contribution is -2.14. The van der Waals surface area contributed by atoms with Crippen molar-refractivity contribution in [1.29, 1.82) is 0 Å². The number of carbonyl (C=O) groups excluding carboxylic acids is 1. The van der Waals surface area contributed by atoms with Gasteiger partial charge in [-0.3, -0.25) is 14.9 Å². The minimum atomic E-state index is -0.638. The van der Waals surface area contributed by atoms with Crippen molar-refractivity contribution in [3.63, 3.8) is 0 Å². The highest BCUT2D eigenvalue weighted by Gasteiger charge is 2.20. The average Bonchev–Trinajstić information content (AvgIpc) is 2.42. The molecule has 1 aromatic carbocycles. The molecule has 6 nitrogen and oxygen atoms in total. The third-order valence-electron chi connectivity index (χ3n) is 2.68. The van der Waals surface area contributed by atoms with Gasteiger partial charge in [0.15, 0.2) is 0 Å². The Labute approximate surface area is 133 Å². The Hall–Kier alpha value is -1.99. The summed E-state index contributed by atoms with van der Waals surface area (Å²) >= 11 is 9.20. The van der Waals surface area contributed by atoms with E-state index in [-0.39, 0.29) is 16.3 Å². The zero-order chi connectivity index (χ0) is 15.6. The van der Waals surface area contributed by atoms with Gasteiger partial charge >= 0.3 is 0 Å². The minimum absolute atomic E-state index is 0.0215. The van der Waals surface area contributed by atoms with Gasteiger partial charge in [-0.15, -0.1) is 0 Å². The van der Waals surface area contributed by atoms with Crippen LogP contribution in [0.4, 0.5) is 11.5 Å². The number of amides is 1. The molecule has 0 radical (unpaired) electrons. The second kappa shape index (κ2) is 6.19. The molecule has 0 saturated heterocycles. The van der Waals surface area contributed by atoms with Gasteiger partial charge in [-0.1, -0.05) is 17.7 Å². The molecule has 2 aromatic rings. The van der Waals surface area contributed by atoms with Crippen molar-refractivity contribution in [2.75, 3.05) is 5.32 Å². The number of benzene rings is 1. The van der Waals surface area contributed by atoms with Crippen molar-refractivity contribution in [2.24, 2.45) is 0 Å². The molecule has 0 aliphatic carbocycles. The van der Waals surface area contributed by atoms with E-state index < -0.39 is 10.8 Å². The molecule has 0 fully saturated rings. The number of hydrogen-bond acceptors (Lipinski definition) is 4. The number of carbonyl (C=O) groups is 1. The van der Waals surface area contributed by atoms with E-state index in [0.717, 1.165) is 4.47 Å². The fourth-order valence-electron chi connectivity index (χ4n) is 1.63. The summed E-state index contributed by atoms with van der Waals surface area (Å²) in [5.74, 6) is -0.221. The predicted molar refractivity (Wildman–Crippen MR) is 82.7 cm³/mol. The van der Waals surface area contributed by atoms with E-state index in [9.17, 15) is 14.9 Å². The van der Waals surface area contributed by atoms with Crippen LogP contribution in [0.15, 0.2) is 34.8 Å². The number of pyridine rings is 1. The van der Waals surface area contributed by atoms with E-state index in [1.54, 1.807) is 19.1 Å². The number of nitrogens with one attached hydrogen (secondary N) is 1. The van der Waals surface area contributed by atoms with Crippen molar-refractivity contribution < 1.29 is 9.72 Å². The molecule has 108 valence electrons. The van der Waals surface area contributed by atoms with E-state index in [0.29, 0.717) is 11.5 Å². The van der Waals surface area contributed by atoms with Gasteiger partial charge in [-0.25, -0.2) is 4.98 Å². The molecule has 0 aliphatic rings. The molecule has 1 amide bonds. The van der Waals surface area contributed by atoms with Crippen LogP contribution < -0.4 is 5.32 Å². The Morgan fingerprint density at radius 3 is 2.71 bits per heavy atom. The van der Waals surface area contributed by atoms with E-state index >= 15 is 0 Å². The van der Waals surface area contributed by atoms with Crippen LogP contribution in [0.5, 0.6) is 0 Å². The Morgan fingerprint density at radius 1 is 1.38 bits per heavy atom. The number of nitro benzene ring substituents is 1. The number of rotatable bonds is 3. The van der Waals surface area contributed by atoms with E-state index in [1.807, 2.05) is 0 Å². The summed E-state index contributed by atoms with van der Waals surface area (Å²) < 4.78 is 0.814. The first-order valence-electron chi connectivity index (χ1n) is 5.77. The van der Waals surface area contributed by atoms with Crippen molar-refractivity contribution in [3.05, 3.63) is 61.2 Å². The van der Waals surface area contributed by atoms with Gasteiger partial charge in [0.1, 0.15) is 10.8 Å². The summed E-state index contributed by atoms with van der Waals surface area (Å²) in [5.41, 5.74) is 0.412. The molecule has 21 heavy (non-hydrogen) atoms. The molecular weight excluding hydrogens is 362 g/mol. The van der Waals surface area contributed by atoms with Gasteiger partial charge in [0.2, 0.25) is 0 Å². The standard InChI is InChI=1S/C13H9BrClN3O3/c1-7-9(14)5-6-11(16-7)17-13(19)8-3-2-4-10(12(8)15)18(20)21/h2-6H,1H3,(H,16,17,19). The van der Waals surface area contributed by atoms with Gasteiger partial charge in [0.25, 0.3) is 11.6 Å². The van der Waals surface area contributed by atoms with Crippen LogP contribution in [0.25, 0.3) is 0 Å². The minimum Gasteiger partial charge on any atom is -0.307 e. The molecule has 0 bridgehead atoms. The molecule has 8 heteroatoms. The first kappa shape index (κ1) is 15.4. The number of aromatic nitrogens is 1. The summed E-state index contributed by atoms with van der Waals surface area (Å²) in [6.45, 7) is 1.78. The normalized spacial score (nSPS) is 10.2. The highest BCUT2D eigenvalue weighted by Crippen LogP contribution is 2.28. The van der Waals surface area contributed by atoms with E-state index in [1.165, 1.54) is 18.2 Å². The predicted octanol–water partition coefficient (Wildman–Crippen LogP) is 3.97. The van der Waals surface area contributed by atoms with Gasteiger partial charge in [-0.05, 0) is 41.1 Å². The quantitative estimate of drug-likeness (QED) is 0.654. The van der Waals surface area contributed by atoms with Gasteiger partial charge < -0.3 is 5.32 Å². The summed E-state index contributed by atoms with van der Waals surface area (Å²) in [6, 6.07) is 7.41. The van der Waals surface area contributed by atoms with Gasteiger partial charge in [0, 0.05) is 10.5 Å². The van der Waals surface area contributed by atoms with Crippen molar-refractivity contribution in [1.82, 2.24) is 4.98 Å². The van der Waals surface area contributed by atoms with Crippen molar-refractivity contribution in [2.45, 2.75) is 6.92 Å². The third-order valence-corrected chi connectivity index (χ3v) is 3.92. The largest absolute Gasteiger partial charge is 0.307 e. The van der Waals surface area contributed by atoms with Gasteiger partial charge in [0.05, 0.1) is 16.2 Å². The Morgan fingerprint density at radius 2 is 2.10 bits per heavy atom. The van der Waals surface area contributed by atoms with Crippen LogP contribution in [-0.2, 0) is 0 Å². The second-order valence-corrected chi connectivity index (χ2v) is 5.35. The number of nitrogens with zero attached hydrogens (tertiary/aromatic N) is 2. The molecule has 1 N–H and O–H groups in total. The highest BCUT2D eigenvalue weighted by molar-refractivity contribution is 9.10. The zero-order valence-electron chi connectivity index (χ0n) is 10.8.